The minimum atomic E-state index is -0.786. The van der Waals surface area contributed by atoms with Crippen LogP contribution in [0.1, 0.15) is 46.2 Å². The first-order chi connectivity index (χ1) is 13.6. The largest absolute Gasteiger partial charge is 0.528 e. The average molecular weight is 412 g/mol. The normalized spacial score (nSPS) is 7.23. The van der Waals surface area contributed by atoms with Crippen LogP contribution in [0.25, 0.3) is 0 Å². The summed E-state index contributed by atoms with van der Waals surface area (Å²) in [6.07, 6.45) is -0.514. The minimum Gasteiger partial charge on any atom is -0.528 e. The fourth-order valence-corrected chi connectivity index (χ4v) is 1.58. The molecular formula is C21H33B3NO5. The van der Waals surface area contributed by atoms with E-state index in [0.29, 0.717) is 6.54 Å². The molecular weight excluding hydrogens is 379 g/mol. The van der Waals surface area contributed by atoms with Crippen molar-refractivity contribution in [1.29, 1.82) is 0 Å². The number of amides is 1. The minimum absolute atomic E-state index is 0. The van der Waals surface area contributed by atoms with Crippen LogP contribution in [0.15, 0.2) is 60.7 Å². The summed E-state index contributed by atoms with van der Waals surface area (Å²) in [7, 11) is 8.12. The Hall–Kier alpha value is -2.67. The number of nitrogens with one attached hydrogen (secondary N) is 1. The van der Waals surface area contributed by atoms with Gasteiger partial charge in [-0.15, -0.1) is 0 Å². The van der Waals surface area contributed by atoms with Crippen molar-refractivity contribution >= 4 is 36.6 Å². The van der Waals surface area contributed by atoms with Gasteiger partial charge in [-0.1, -0.05) is 95.8 Å². The molecule has 0 spiro atoms. The zero-order chi connectivity index (χ0) is 22.2. The number of aliphatic carboxylic acids is 1. The van der Waals surface area contributed by atoms with Gasteiger partial charge in [0.25, 0.3) is 8.05 Å². The second-order valence-electron chi connectivity index (χ2n) is 4.30. The van der Waals surface area contributed by atoms with E-state index in [1.165, 1.54) is 0 Å². The molecule has 7 radical (unpaired) electrons. The lowest BCUT2D eigenvalue weighted by Crippen LogP contribution is -2.22. The van der Waals surface area contributed by atoms with Gasteiger partial charge < -0.3 is 20.1 Å². The summed E-state index contributed by atoms with van der Waals surface area (Å²) >= 11 is 0. The van der Waals surface area contributed by atoms with E-state index in [2.05, 4.69) is 26.1 Å². The fourth-order valence-electron chi connectivity index (χ4n) is 1.58. The number of carbonyl (C=O) groups excluding carboxylic acids is 1. The number of carbonyl (C=O) groups is 2. The molecule has 0 aliphatic rings. The predicted octanol–water partition coefficient (Wildman–Crippen LogP) is 3.68. The van der Waals surface area contributed by atoms with Crippen molar-refractivity contribution in [1.82, 2.24) is 5.32 Å². The molecule has 1 amide bonds. The monoisotopic (exact) mass is 412 g/mol. The van der Waals surface area contributed by atoms with Gasteiger partial charge in [-0.2, -0.15) is 0 Å². The van der Waals surface area contributed by atoms with E-state index in [9.17, 15) is 9.59 Å². The van der Waals surface area contributed by atoms with E-state index in [1.807, 2.05) is 76.2 Å². The van der Waals surface area contributed by atoms with Crippen molar-refractivity contribution < 1.29 is 24.4 Å². The molecule has 0 unspecified atom stereocenters. The first-order valence-corrected chi connectivity index (χ1v) is 8.82. The zero-order valence-electron chi connectivity index (χ0n) is 17.5. The average Bonchev–Trinajstić information content (AvgIpc) is 2.77. The van der Waals surface area contributed by atoms with Crippen LogP contribution in [-0.2, 0) is 22.4 Å². The third-order valence-corrected chi connectivity index (χ3v) is 2.58. The Kier molecular flexibility index (Phi) is 39.3. The van der Waals surface area contributed by atoms with Crippen LogP contribution in [0, 0.1) is 0 Å². The van der Waals surface area contributed by atoms with Crippen molar-refractivity contribution in [3.8, 4) is 0 Å². The van der Waals surface area contributed by atoms with Crippen molar-refractivity contribution in [3.63, 3.8) is 0 Å². The van der Waals surface area contributed by atoms with Crippen LogP contribution in [0.3, 0.4) is 0 Å². The van der Waals surface area contributed by atoms with Gasteiger partial charge in [-0.3, -0.25) is 4.79 Å². The summed E-state index contributed by atoms with van der Waals surface area (Å²) in [6.45, 7) is 8.43. The number of rotatable bonds is 4. The Morgan fingerprint density at radius 2 is 1.23 bits per heavy atom. The van der Waals surface area contributed by atoms with Gasteiger partial charge in [0.15, 0.2) is 0 Å². The molecule has 0 aliphatic carbocycles. The van der Waals surface area contributed by atoms with Crippen LogP contribution in [0.2, 0.25) is 0 Å². The summed E-state index contributed by atoms with van der Waals surface area (Å²) in [5.74, 6) is -0.786. The van der Waals surface area contributed by atoms with Gasteiger partial charge in [-0.25, -0.2) is 4.79 Å². The van der Waals surface area contributed by atoms with Crippen molar-refractivity contribution in [2.45, 2.75) is 48.1 Å². The first kappa shape index (κ1) is 38.0. The number of hydrogen-bond acceptors (Lipinski definition) is 4. The third kappa shape index (κ3) is 25.3. The Morgan fingerprint density at radius 1 is 0.867 bits per heavy atom. The van der Waals surface area contributed by atoms with Gasteiger partial charge >= 0.3 is 20.1 Å². The molecule has 0 bridgehead atoms. The molecule has 0 fully saturated rings. The number of hydrogen-bond donors (Lipinski definition) is 3. The van der Waals surface area contributed by atoms with Crippen LogP contribution >= 0.6 is 0 Å². The molecule has 2 rings (SSSR count). The summed E-state index contributed by atoms with van der Waals surface area (Å²) < 4.78 is 3.92. The quantitative estimate of drug-likeness (QED) is 0.667. The van der Waals surface area contributed by atoms with Crippen LogP contribution in [0.4, 0.5) is 4.79 Å². The van der Waals surface area contributed by atoms with Gasteiger partial charge in [0.1, 0.15) is 0 Å². The lowest BCUT2D eigenvalue weighted by molar-refractivity contribution is -0.136. The maximum atomic E-state index is 10.5. The molecule has 9 heteroatoms. The second-order valence-corrected chi connectivity index (χ2v) is 4.30. The summed E-state index contributed by atoms with van der Waals surface area (Å²) in [6, 6.07) is 18.6. The summed E-state index contributed by atoms with van der Waals surface area (Å²) in [5, 5.41) is 17.3. The Morgan fingerprint density at radius 3 is 1.57 bits per heavy atom. The fraction of sp³-hybridized carbons (Fsp3) is 0.333. The van der Waals surface area contributed by atoms with Gasteiger partial charge in [0.05, 0.1) is 6.42 Å². The number of carboxylic acid groups (broad SMARTS) is 1. The smallest absolute Gasteiger partial charge is 0.388 e. The van der Waals surface area contributed by atoms with E-state index >= 15 is 0 Å². The Balaban J connectivity index is -0.000000106. The molecule has 30 heavy (non-hydrogen) atoms. The Labute approximate surface area is 186 Å². The topological polar surface area (TPSA) is 95.9 Å². The van der Waals surface area contributed by atoms with Gasteiger partial charge in [0.2, 0.25) is 0 Å². The van der Waals surface area contributed by atoms with Crippen molar-refractivity contribution in [2.24, 2.45) is 0 Å². The second kappa shape index (κ2) is 31.0. The first-order valence-electron chi connectivity index (χ1n) is 8.82. The highest BCUT2D eigenvalue weighted by atomic mass is 16.5. The summed E-state index contributed by atoms with van der Waals surface area (Å²) in [4.78, 5) is 20.7. The molecule has 0 heterocycles. The Bertz CT molecular complexity index is 588. The maximum absolute atomic E-state index is 10.5. The van der Waals surface area contributed by atoms with Crippen LogP contribution < -0.4 is 5.32 Å². The third-order valence-electron chi connectivity index (χ3n) is 2.58. The summed E-state index contributed by atoms with van der Waals surface area (Å²) in [5.41, 5.74) is 1.85. The van der Waals surface area contributed by atoms with Crippen molar-refractivity contribution in [2.75, 3.05) is 0 Å². The molecule has 0 atom stereocenters. The highest BCUT2D eigenvalue weighted by Crippen LogP contribution is 1.98. The molecule has 0 aliphatic heterocycles. The lowest BCUT2D eigenvalue weighted by Gasteiger charge is -2.02. The molecule has 3 N–H and O–H groups in total. The zero-order valence-corrected chi connectivity index (χ0v) is 17.5. The molecule has 2 aromatic carbocycles. The van der Waals surface area contributed by atoms with E-state index in [0.717, 1.165) is 11.1 Å². The molecule has 0 saturated carbocycles. The molecule has 161 valence electrons. The number of benzene rings is 2. The highest BCUT2D eigenvalue weighted by molar-refractivity contribution is 6.04. The van der Waals surface area contributed by atoms with Gasteiger partial charge in [-0.05, 0) is 11.1 Å². The molecule has 6 nitrogen and oxygen atoms in total. The maximum Gasteiger partial charge on any atom is 0.388 e. The van der Waals surface area contributed by atoms with E-state index in [4.69, 9.17) is 10.1 Å². The highest BCUT2D eigenvalue weighted by Gasteiger charge is 1.97. The van der Waals surface area contributed by atoms with Crippen LogP contribution in [-0.4, -0.2) is 46.7 Å². The SMILES string of the molecule is C.CC.CC.O=C(O)Cc1ccccc1.[B].[B]O.[B]OC(=O)NCc1ccccc1. The molecule has 0 aromatic heterocycles. The van der Waals surface area contributed by atoms with E-state index in [-0.39, 0.29) is 22.3 Å². The van der Waals surface area contributed by atoms with Crippen molar-refractivity contribution in [3.05, 3.63) is 71.8 Å². The van der Waals surface area contributed by atoms with E-state index < -0.39 is 12.1 Å². The molecule has 0 saturated heterocycles. The van der Waals surface area contributed by atoms with Crippen LogP contribution in [0.5, 0.6) is 0 Å². The predicted molar refractivity (Wildman–Crippen MR) is 126 cm³/mol. The van der Waals surface area contributed by atoms with Gasteiger partial charge in [0, 0.05) is 15.0 Å². The standard InChI is InChI=1S/C8H8BNO2.C8H8O2.2C2H6.CH4.BHO.B/c9-12-8(11)10-6-7-4-2-1-3-5-7;9-8(10)6-7-4-2-1-3-5-7;2*1-2;;1-2;/h1-5H,6H2,(H,10,11);1-5H,6H2,(H,9,10);2*1-2H3;1H4;2H;. The number of carboxylic acids is 1. The molecule has 2 aromatic rings. The lowest BCUT2D eigenvalue weighted by atomic mass is 10.2. The van der Waals surface area contributed by atoms with E-state index in [1.54, 1.807) is 12.1 Å².